The molecule has 2 unspecified atom stereocenters. The van der Waals surface area contributed by atoms with Gasteiger partial charge >= 0.3 is 0 Å². The zero-order valence-corrected chi connectivity index (χ0v) is 11.6. The second kappa shape index (κ2) is 6.30. The highest BCUT2D eigenvalue weighted by Gasteiger charge is 2.24. The topological polar surface area (TPSA) is 96.2 Å². The molecule has 2 rings (SSSR count). The summed E-state index contributed by atoms with van der Waals surface area (Å²) in [6, 6.07) is 2.70. The molecule has 0 radical (unpaired) electrons. The summed E-state index contributed by atoms with van der Waals surface area (Å²) in [5.41, 5.74) is 0.239. The van der Waals surface area contributed by atoms with E-state index in [2.05, 4.69) is 10.2 Å². The Morgan fingerprint density at radius 2 is 1.80 bits per heavy atom. The summed E-state index contributed by atoms with van der Waals surface area (Å²) in [4.78, 5) is 2.25. The molecule has 0 aliphatic carbocycles. The Hall–Kier alpha value is -1.50. The monoisotopic (exact) mass is 282 g/mol. The summed E-state index contributed by atoms with van der Waals surface area (Å²) in [5.74, 6) is -1.53. The summed E-state index contributed by atoms with van der Waals surface area (Å²) in [7, 11) is 0. The van der Waals surface area contributed by atoms with Crippen LogP contribution >= 0.6 is 0 Å². The second-order valence-corrected chi connectivity index (χ2v) is 5.34. The molecule has 1 saturated heterocycles. The van der Waals surface area contributed by atoms with Crippen LogP contribution in [0.3, 0.4) is 0 Å². The van der Waals surface area contributed by atoms with Crippen molar-refractivity contribution in [3.05, 3.63) is 17.7 Å². The Kier molecular flexibility index (Phi) is 4.69. The predicted molar refractivity (Wildman–Crippen MR) is 74.9 cm³/mol. The quantitative estimate of drug-likeness (QED) is 0.512. The Morgan fingerprint density at radius 3 is 2.45 bits per heavy atom. The van der Waals surface area contributed by atoms with Crippen molar-refractivity contribution in [3.63, 3.8) is 0 Å². The molecule has 6 nitrogen and oxygen atoms in total. The average molecular weight is 282 g/mol. The summed E-state index contributed by atoms with van der Waals surface area (Å²) >= 11 is 0. The number of piperazine rings is 1. The second-order valence-electron chi connectivity index (χ2n) is 5.34. The van der Waals surface area contributed by atoms with E-state index in [0.29, 0.717) is 6.54 Å². The van der Waals surface area contributed by atoms with Gasteiger partial charge in [0, 0.05) is 38.3 Å². The third-order valence-corrected chi connectivity index (χ3v) is 3.77. The number of aromatic hydroxyl groups is 3. The molecule has 0 aromatic heterocycles. The number of aliphatic hydroxyl groups excluding tert-OH is 1. The zero-order chi connectivity index (χ0) is 14.7. The van der Waals surface area contributed by atoms with Gasteiger partial charge in [0.15, 0.2) is 11.5 Å². The Labute approximate surface area is 118 Å². The molecule has 1 fully saturated rings. The lowest BCUT2D eigenvalue weighted by molar-refractivity contribution is 0.0819. The molecule has 1 aliphatic heterocycles. The fourth-order valence-electron chi connectivity index (χ4n) is 2.53. The van der Waals surface area contributed by atoms with Crippen LogP contribution in [-0.4, -0.2) is 58.0 Å². The third kappa shape index (κ3) is 3.15. The van der Waals surface area contributed by atoms with Gasteiger partial charge in [0.05, 0.1) is 6.10 Å². The van der Waals surface area contributed by atoms with Crippen LogP contribution in [0.2, 0.25) is 0 Å². The van der Waals surface area contributed by atoms with E-state index in [-0.39, 0.29) is 11.5 Å². The number of benzene rings is 1. The van der Waals surface area contributed by atoms with Gasteiger partial charge in [0.1, 0.15) is 0 Å². The lowest BCUT2D eigenvalue weighted by Crippen LogP contribution is -2.45. The Morgan fingerprint density at radius 1 is 1.15 bits per heavy atom. The SMILES string of the molecule is CC(CN1CCNCC1)C(O)c1ccc(O)c(O)c1O. The average Bonchev–Trinajstić information content (AvgIpc) is 2.45. The number of phenolic OH excluding ortho intramolecular Hbond substituents is 3. The van der Waals surface area contributed by atoms with Crippen molar-refractivity contribution in [2.45, 2.75) is 13.0 Å². The summed E-state index contributed by atoms with van der Waals surface area (Å²) in [6.07, 6.45) is -0.892. The first-order valence-electron chi connectivity index (χ1n) is 6.85. The standard InChI is InChI=1S/C14H22N2O4/c1-9(8-16-6-4-15-5-7-16)12(18)10-2-3-11(17)14(20)13(10)19/h2-3,9,12,15,17-20H,4-8H2,1H3. The first-order valence-corrected chi connectivity index (χ1v) is 6.85. The zero-order valence-electron chi connectivity index (χ0n) is 11.6. The molecule has 0 spiro atoms. The minimum atomic E-state index is -0.892. The molecule has 1 aliphatic rings. The van der Waals surface area contributed by atoms with Gasteiger partial charge in [0.2, 0.25) is 5.75 Å². The van der Waals surface area contributed by atoms with E-state index in [9.17, 15) is 20.4 Å². The summed E-state index contributed by atoms with van der Waals surface area (Å²) in [6.45, 7) is 6.36. The fourth-order valence-corrected chi connectivity index (χ4v) is 2.53. The largest absolute Gasteiger partial charge is 0.504 e. The van der Waals surface area contributed by atoms with E-state index in [4.69, 9.17) is 0 Å². The highest BCUT2D eigenvalue weighted by molar-refractivity contribution is 5.53. The minimum Gasteiger partial charge on any atom is -0.504 e. The van der Waals surface area contributed by atoms with Gasteiger partial charge in [-0.1, -0.05) is 6.92 Å². The molecule has 2 atom stereocenters. The molecule has 0 amide bonds. The third-order valence-electron chi connectivity index (χ3n) is 3.77. The van der Waals surface area contributed by atoms with Crippen LogP contribution in [0.25, 0.3) is 0 Å². The molecule has 6 heteroatoms. The highest BCUT2D eigenvalue weighted by Crippen LogP contribution is 2.41. The van der Waals surface area contributed by atoms with Gasteiger partial charge in [-0.05, 0) is 18.1 Å². The van der Waals surface area contributed by atoms with Crippen molar-refractivity contribution in [1.82, 2.24) is 10.2 Å². The van der Waals surface area contributed by atoms with Crippen molar-refractivity contribution in [3.8, 4) is 17.2 Å². The normalized spacial score (nSPS) is 19.7. The maximum Gasteiger partial charge on any atom is 0.200 e. The van der Waals surface area contributed by atoms with Gasteiger partial charge in [-0.15, -0.1) is 0 Å². The molecule has 0 saturated carbocycles. The number of phenols is 3. The van der Waals surface area contributed by atoms with Crippen LogP contribution < -0.4 is 5.32 Å². The highest BCUT2D eigenvalue weighted by atomic mass is 16.3. The van der Waals surface area contributed by atoms with Crippen molar-refractivity contribution < 1.29 is 20.4 Å². The Bertz CT molecular complexity index is 461. The number of aliphatic hydroxyl groups is 1. The van der Waals surface area contributed by atoms with Gasteiger partial charge < -0.3 is 30.6 Å². The molecule has 112 valence electrons. The lowest BCUT2D eigenvalue weighted by atomic mass is 9.95. The molecular formula is C14H22N2O4. The first kappa shape index (κ1) is 14.9. The number of hydrogen-bond acceptors (Lipinski definition) is 6. The van der Waals surface area contributed by atoms with E-state index in [1.165, 1.54) is 12.1 Å². The van der Waals surface area contributed by atoms with Gasteiger partial charge in [-0.2, -0.15) is 0 Å². The molecular weight excluding hydrogens is 260 g/mol. The molecule has 20 heavy (non-hydrogen) atoms. The lowest BCUT2D eigenvalue weighted by Gasteiger charge is -2.31. The van der Waals surface area contributed by atoms with Gasteiger partial charge in [-0.25, -0.2) is 0 Å². The molecule has 5 N–H and O–H groups in total. The molecule has 0 bridgehead atoms. The molecule has 1 heterocycles. The Balaban J connectivity index is 2.06. The number of rotatable bonds is 4. The van der Waals surface area contributed by atoms with E-state index in [0.717, 1.165) is 26.2 Å². The molecule has 1 aromatic carbocycles. The van der Waals surface area contributed by atoms with E-state index < -0.39 is 23.4 Å². The van der Waals surface area contributed by atoms with Crippen LogP contribution in [-0.2, 0) is 0 Å². The smallest absolute Gasteiger partial charge is 0.200 e. The maximum atomic E-state index is 10.3. The van der Waals surface area contributed by atoms with Crippen LogP contribution in [0, 0.1) is 5.92 Å². The van der Waals surface area contributed by atoms with Crippen LogP contribution in [0.1, 0.15) is 18.6 Å². The van der Waals surface area contributed by atoms with E-state index >= 15 is 0 Å². The van der Waals surface area contributed by atoms with Crippen LogP contribution in [0.5, 0.6) is 17.2 Å². The van der Waals surface area contributed by atoms with Crippen molar-refractivity contribution >= 4 is 0 Å². The van der Waals surface area contributed by atoms with E-state index in [1.807, 2.05) is 6.92 Å². The van der Waals surface area contributed by atoms with Crippen molar-refractivity contribution in [2.75, 3.05) is 32.7 Å². The van der Waals surface area contributed by atoms with Crippen molar-refractivity contribution in [1.29, 1.82) is 0 Å². The molecule has 1 aromatic rings. The van der Waals surface area contributed by atoms with Crippen molar-refractivity contribution in [2.24, 2.45) is 5.92 Å². The number of hydrogen-bond donors (Lipinski definition) is 5. The van der Waals surface area contributed by atoms with Gasteiger partial charge in [-0.3, -0.25) is 0 Å². The van der Waals surface area contributed by atoms with E-state index in [1.54, 1.807) is 0 Å². The summed E-state index contributed by atoms with van der Waals surface area (Å²) in [5, 5.41) is 42.2. The number of nitrogens with zero attached hydrogens (tertiary/aromatic N) is 1. The van der Waals surface area contributed by atoms with Crippen LogP contribution in [0.15, 0.2) is 12.1 Å². The summed E-state index contributed by atoms with van der Waals surface area (Å²) < 4.78 is 0. The fraction of sp³-hybridized carbons (Fsp3) is 0.571. The predicted octanol–water partition coefficient (Wildman–Crippen LogP) is 0.378. The first-order chi connectivity index (χ1) is 9.50. The maximum absolute atomic E-state index is 10.3. The van der Waals surface area contributed by atoms with Crippen LogP contribution in [0.4, 0.5) is 0 Å². The van der Waals surface area contributed by atoms with Gasteiger partial charge in [0.25, 0.3) is 0 Å². The number of nitrogens with one attached hydrogen (secondary N) is 1. The minimum absolute atomic E-state index is 0.0945.